The zero-order valence-corrected chi connectivity index (χ0v) is 12.4. The van der Waals surface area contributed by atoms with Crippen molar-refractivity contribution in [2.45, 2.75) is 46.0 Å². The molecular formula is C16H26N2. The molecule has 0 saturated heterocycles. The summed E-state index contributed by atoms with van der Waals surface area (Å²) < 4.78 is 0. The summed E-state index contributed by atoms with van der Waals surface area (Å²) in [7, 11) is 2.00. The van der Waals surface area contributed by atoms with E-state index in [0.717, 1.165) is 18.5 Å². The van der Waals surface area contributed by atoms with Gasteiger partial charge in [-0.25, -0.2) is 0 Å². The molecule has 1 rings (SSSR count). The highest BCUT2D eigenvalue weighted by Gasteiger charge is 2.14. The Bertz CT molecular complexity index is 385. The van der Waals surface area contributed by atoms with Gasteiger partial charge in [0.25, 0.3) is 0 Å². The Morgan fingerprint density at radius 1 is 1.17 bits per heavy atom. The van der Waals surface area contributed by atoms with Gasteiger partial charge in [-0.3, -0.25) is 5.41 Å². The van der Waals surface area contributed by atoms with Crippen molar-refractivity contribution in [3.8, 4) is 0 Å². The van der Waals surface area contributed by atoms with Crippen molar-refractivity contribution in [2.24, 2.45) is 0 Å². The summed E-state index contributed by atoms with van der Waals surface area (Å²) in [5.74, 6) is 0.615. The van der Waals surface area contributed by atoms with Crippen LogP contribution < -0.4 is 0 Å². The van der Waals surface area contributed by atoms with Crippen LogP contribution >= 0.6 is 0 Å². The van der Waals surface area contributed by atoms with E-state index in [0.29, 0.717) is 5.84 Å². The molecule has 0 aliphatic rings. The molecule has 0 saturated carbocycles. The maximum Gasteiger partial charge on any atom is 0.127 e. The van der Waals surface area contributed by atoms with Gasteiger partial charge in [0, 0.05) is 19.2 Å². The first kappa shape index (κ1) is 14.7. The van der Waals surface area contributed by atoms with E-state index in [1.807, 2.05) is 11.9 Å². The Morgan fingerprint density at radius 2 is 1.72 bits per heavy atom. The topological polar surface area (TPSA) is 27.1 Å². The fourth-order valence-corrected chi connectivity index (χ4v) is 1.86. The number of nitrogens with zero attached hydrogens (tertiary/aromatic N) is 1. The lowest BCUT2D eigenvalue weighted by molar-refractivity contribution is 0.482. The van der Waals surface area contributed by atoms with Gasteiger partial charge in [0.05, 0.1) is 0 Å². The fraction of sp³-hybridized carbons (Fsp3) is 0.562. The SMILES string of the molecule is CCCCN(C)C(=N)c1ccc(C(C)(C)C)cc1. The molecule has 1 N–H and O–H groups in total. The van der Waals surface area contributed by atoms with Crippen molar-refractivity contribution in [3.05, 3.63) is 35.4 Å². The summed E-state index contributed by atoms with van der Waals surface area (Å²) in [6, 6.07) is 8.39. The molecule has 2 heteroatoms. The van der Waals surface area contributed by atoms with Gasteiger partial charge in [0.2, 0.25) is 0 Å². The molecule has 0 radical (unpaired) electrons. The molecule has 0 aliphatic heterocycles. The average Bonchev–Trinajstić information content (AvgIpc) is 2.34. The quantitative estimate of drug-likeness (QED) is 0.630. The molecule has 18 heavy (non-hydrogen) atoms. The van der Waals surface area contributed by atoms with Crippen LogP contribution in [0.2, 0.25) is 0 Å². The van der Waals surface area contributed by atoms with Crippen molar-refractivity contribution >= 4 is 5.84 Å². The van der Waals surface area contributed by atoms with Crippen LogP contribution in [0.1, 0.15) is 51.7 Å². The summed E-state index contributed by atoms with van der Waals surface area (Å²) in [6.45, 7) is 9.76. The Kier molecular flexibility index (Phi) is 4.94. The molecule has 2 nitrogen and oxygen atoms in total. The minimum absolute atomic E-state index is 0.175. The van der Waals surface area contributed by atoms with Crippen molar-refractivity contribution < 1.29 is 0 Å². The first-order valence-electron chi connectivity index (χ1n) is 6.77. The standard InChI is InChI=1S/C16H26N2/c1-6-7-12-18(5)15(17)13-8-10-14(11-9-13)16(2,3)4/h8-11,17H,6-7,12H2,1-5H3. The molecule has 0 bridgehead atoms. The van der Waals surface area contributed by atoms with Gasteiger partial charge in [-0.15, -0.1) is 0 Å². The number of rotatable bonds is 4. The zero-order chi connectivity index (χ0) is 13.8. The monoisotopic (exact) mass is 246 g/mol. The summed E-state index contributed by atoms with van der Waals surface area (Å²) in [5.41, 5.74) is 2.49. The Hall–Kier alpha value is -1.31. The Labute approximate surface area is 112 Å². The summed E-state index contributed by atoms with van der Waals surface area (Å²) in [5, 5.41) is 8.17. The van der Waals surface area contributed by atoms with Gasteiger partial charge < -0.3 is 4.90 Å². The molecule has 1 aromatic rings. The lowest BCUT2D eigenvalue weighted by Crippen LogP contribution is -2.27. The molecule has 0 atom stereocenters. The molecule has 0 heterocycles. The van der Waals surface area contributed by atoms with Gasteiger partial charge in [0.15, 0.2) is 0 Å². The maximum absolute atomic E-state index is 8.17. The molecule has 1 aromatic carbocycles. The summed E-state index contributed by atoms with van der Waals surface area (Å²) in [6.07, 6.45) is 2.31. The highest BCUT2D eigenvalue weighted by molar-refractivity contribution is 5.96. The largest absolute Gasteiger partial charge is 0.360 e. The molecule has 0 amide bonds. The average molecular weight is 246 g/mol. The second-order valence-corrected chi connectivity index (χ2v) is 5.95. The normalized spacial score (nSPS) is 11.4. The smallest absolute Gasteiger partial charge is 0.127 e. The van der Waals surface area contributed by atoms with Crippen LogP contribution in [0.25, 0.3) is 0 Å². The van der Waals surface area contributed by atoms with Gasteiger partial charge in [0.1, 0.15) is 5.84 Å². The van der Waals surface area contributed by atoms with Crippen molar-refractivity contribution in [1.29, 1.82) is 5.41 Å². The molecule has 0 unspecified atom stereocenters. The number of hydrogen-bond donors (Lipinski definition) is 1. The van der Waals surface area contributed by atoms with Crippen molar-refractivity contribution in [2.75, 3.05) is 13.6 Å². The van der Waals surface area contributed by atoms with Gasteiger partial charge in [-0.05, 0) is 17.4 Å². The molecule has 0 spiro atoms. The van der Waals surface area contributed by atoms with Crippen LogP contribution in [-0.2, 0) is 5.41 Å². The van der Waals surface area contributed by atoms with E-state index in [2.05, 4.69) is 52.0 Å². The number of amidine groups is 1. The summed E-state index contributed by atoms with van der Waals surface area (Å²) in [4.78, 5) is 2.02. The zero-order valence-electron chi connectivity index (χ0n) is 12.4. The van der Waals surface area contributed by atoms with Crippen molar-refractivity contribution in [3.63, 3.8) is 0 Å². The Balaban J connectivity index is 2.76. The minimum atomic E-state index is 0.175. The van der Waals surface area contributed by atoms with Crippen molar-refractivity contribution in [1.82, 2.24) is 4.90 Å². The number of unbranched alkanes of at least 4 members (excludes halogenated alkanes) is 1. The minimum Gasteiger partial charge on any atom is -0.360 e. The lowest BCUT2D eigenvalue weighted by Gasteiger charge is -2.22. The van der Waals surface area contributed by atoms with Crippen LogP contribution in [0.3, 0.4) is 0 Å². The first-order chi connectivity index (χ1) is 8.36. The van der Waals surface area contributed by atoms with E-state index in [-0.39, 0.29) is 5.41 Å². The third kappa shape index (κ3) is 3.86. The highest BCUT2D eigenvalue weighted by atomic mass is 15.1. The van der Waals surface area contributed by atoms with E-state index >= 15 is 0 Å². The van der Waals surface area contributed by atoms with Gasteiger partial charge in [-0.1, -0.05) is 58.4 Å². The maximum atomic E-state index is 8.17. The predicted molar refractivity (Wildman–Crippen MR) is 79.5 cm³/mol. The molecule has 0 aromatic heterocycles. The lowest BCUT2D eigenvalue weighted by atomic mass is 9.86. The number of hydrogen-bond acceptors (Lipinski definition) is 1. The fourth-order valence-electron chi connectivity index (χ4n) is 1.86. The van der Waals surface area contributed by atoms with Crippen LogP contribution in [0.15, 0.2) is 24.3 Å². The van der Waals surface area contributed by atoms with Crippen LogP contribution in [0, 0.1) is 5.41 Å². The van der Waals surface area contributed by atoms with Crippen LogP contribution in [0.4, 0.5) is 0 Å². The van der Waals surface area contributed by atoms with Crippen LogP contribution in [0.5, 0.6) is 0 Å². The van der Waals surface area contributed by atoms with E-state index < -0.39 is 0 Å². The van der Waals surface area contributed by atoms with E-state index in [4.69, 9.17) is 5.41 Å². The predicted octanol–water partition coefficient (Wildman–Crippen LogP) is 4.04. The van der Waals surface area contributed by atoms with E-state index in [1.54, 1.807) is 0 Å². The van der Waals surface area contributed by atoms with Crippen LogP contribution in [-0.4, -0.2) is 24.3 Å². The first-order valence-corrected chi connectivity index (χ1v) is 6.77. The molecular weight excluding hydrogens is 220 g/mol. The second kappa shape index (κ2) is 6.03. The van der Waals surface area contributed by atoms with E-state index in [9.17, 15) is 0 Å². The number of nitrogens with one attached hydrogen (secondary N) is 1. The summed E-state index contributed by atoms with van der Waals surface area (Å²) >= 11 is 0. The molecule has 0 fully saturated rings. The highest BCUT2D eigenvalue weighted by Crippen LogP contribution is 2.22. The second-order valence-electron chi connectivity index (χ2n) is 5.95. The number of benzene rings is 1. The van der Waals surface area contributed by atoms with Gasteiger partial charge >= 0.3 is 0 Å². The third-order valence-electron chi connectivity index (χ3n) is 3.25. The molecule has 100 valence electrons. The Morgan fingerprint density at radius 3 is 2.17 bits per heavy atom. The van der Waals surface area contributed by atoms with E-state index in [1.165, 1.54) is 12.0 Å². The third-order valence-corrected chi connectivity index (χ3v) is 3.25. The van der Waals surface area contributed by atoms with Gasteiger partial charge in [-0.2, -0.15) is 0 Å². The molecule has 0 aliphatic carbocycles.